The van der Waals surface area contributed by atoms with Gasteiger partial charge in [0.2, 0.25) is 0 Å². The Hall–Kier alpha value is -0.370. The number of rotatable bonds is 1. The molecule has 0 aromatic heterocycles. The van der Waals surface area contributed by atoms with E-state index in [1.54, 1.807) is 12.4 Å². The quantitative estimate of drug-likeness (QED) is 0.451. The minimum absolute atomic E-state index is 0.00154. The van der Waals surface area contributed by atoms with Gasteiger partial charge in [-0.3, -0.25) is 9.98 Å². The highest BCUT2D eigenvalue weighted by atomic mass is 35.5. The van der Waals surface area contributed by atoms with Crippen LogP contribution in [0.5, 0.6) is 0 Å². The summed E-state index contributed by atoms with van der Waals surface area (Å²) < 4.78 is 0. The van der Waals surface area contributed by atoms with Gasteiger partial charge >= 0.3 is 0 Å². The normalized spacial score (nSPS) is 19.0. The van der Waals surface area contributed by atoms with Gasteiger partial charge in [-0.25, -0.2) is 0 Å². The Bertz CT molecular complexity index is 96.3. The van der Waals surface area contributed by atoms with E-state index in [1.807, 2.05) is 0 Å². The van der Waals surface area contributed by atoms with Crippen molar-refractivity contribution in [2.75, 3.05) is 5.88 Å². The van der Waals surface area contributed by atoms with Crippen LogP contribution in [0.3, 0.4) is 0 Å². The first-order valence-electron chi connectivity index (χ1n) is 2.04. The molecule has 1 aliphatic rings. The van der Waals surface area contributed by atoms with Crippen LogP contribution < -0.4 is 0 Å². The Morgan fingerprint density at radius 3 is 2.29 bits per heavy atom. The maximum atomic E-state index is 5.38. The van der Waals surface area contributed by atoms with Gasteiger partial charge in [0.05, 0.1) is 5.88 Å². The molecule has 38 valence electrons. The van der Waals surface area contributed by atoms with Crippen LogP contribution in [-0.2, 0) is 0 Å². The lowest BCUT2D eigenvalue weighted by Crippen LogP contribution is -1.96. The third-order valence-corrected chi connectivity index (χ3v) is 0.997. The second-order valence-corrected chi connectivity index (χ2v) is 1.54. The summed E-state index contributed by atoms with van der Waals surface area (Å²) >= 11 is 5.38. The second kappa shape index (κ2) is 2.07. The van der Waals surface area contributed by atoms with E-state index in [0.717, 1.165) is 0 Å². The van der Waals surface area contributed by atoms with E-state index in [1.165, 1.54) is 0 Å². The lowest BCUT2D eigenvalue weighted by Gasteiger charge is -1.91. The molecule has 7 heavy (non-hydrogen) atoms. The van der Waals surface area contributed by atoms with Crippen LogP contribution in [0.2, 0.25) is 0 Å². The molecular formula is C4H5ClN2. The Morgan fingerprint density at radius 1 is 1.43 bits per heavy atom. The summed E-state index contributed by atoms with van der Waals surface area (Å²) in [6.07, 6.45) is 3.32. The fourth-order valence-electron chi connectivity index (χ4n) is 0.394. The number of nitrogens with zero attached hydrogens (tertiary/aromatic N) is 2. The van der Waals surface area contributed by atoms with E-state index >= 15 is 0 Å². The third kappa shape index (κ3) is 0.996. The largest absolute Gasteiger partial charge is 0.264 e. The van der Waals surface area contributed by atoms with E-state index in [9.17, 15) is 0 Å². The molecule has 0 saturated heterocycles. The Balaban J connectivity index is 2.44. The minimum Gasteiger partial charge on any atom is -0.264 e. The van der Waals surface area contributed by atoms with Crippen molar-refractivity contribution in [3.05, 3.63) is 0 Å². The SMILES string of the molecule is ClCC1N=CC=N1. The average molecular weight is 117 g/mol. The van der Waals surface area contributed by atoms with Gasteiger partial charge in [-0.1, -0.05) is 0 Å². The number of alkyl halides is 1. The molecule has 2 nitrogen and oxygen atoms in total. The minimum atomic E-state index is 0.00154. The monoisotopic (exact) mass is 116 g/mol. The van der Waals surface area contributed by atoms with Crippen LogP contribution in [0.4, 0.5) is 0 Å². The maximum Gasteiger partial charge on any atom is 0.153 e. The number of hydrogen-bond donors (Lipinski definition) is 0. The molecule has 1 heterocycles. The molecule has 0 atom stereocenters. The molecule has 0 N–H and O–H groups in total. The Kier molecular flexibility index (Phi) is 1.42. The highest BCUT2D eigenvalue weighted by Crippen LogP contribution is 1.97. The van der Waals surface area contributed by atoms with Crippen molar-refractivity contribution in [3.63, 3.8) is 0 Å². The molecule has 0 fully saturated rings. The van der Waals surface area contributed by atoms with Gasteiger partial charge in [-0.05, 0) is 0 Å². The molecule has 0 aromatic carbocycles. The fraction of sp³-hybridized carbons (Fsp3) is 0.500. The predicted octanol–water partition coefficient (Wildman–Crippen LogP) is 0.707. The van der Waals surface area contributed by atoms with Crippen molar-refractivity contribution in [2.24, 2.45) is 9.98 Å². The molecule has 1 rings (SSSR count). The van der Waals surface area contributed by atoms with Crippen LogP contribution in [0, 0.1) is 0 Å². The van der Waals surface area contributed by atoms with Gasteiger partial charge in [0.15, 0.2) is 6.17 Å². The summed E-state index contributed by atoms with van der Waals surface area (Å²) in [6.45, 7) is 0. The van der Waals surface area contributed by atoms with Crippen LogP contribution in [0.25, 0.3) is 0 Å². The van der Waals surface area contributed by atoms with E-state index in [-0.39, 0.29) is 6.17 Å². The number of aliphatic imine (C=N–C) groups is 2. The standard InChI is InChI=1S/C4H5ClN2/c5-3-4-6-1-2-7-4/h1-2,4H,3H2. The highest BCUT2D eigenvalue weighted by Gasteiger charge is 2.00. The van der Waals surface area contributed by atoms with E-state index < -0.39 is 0 Å². The highest BCUT2D eigenvalue weighted by molar-refractivity contribution is 6.20. The van der Waals surface area contributed by atoms with Crippen LogP contribution >= 0.6 is 11.6 Å². The summed E-state index contributed by atoms with van der Waals surface area (Å²) in [5, 5.41) is 0. The van der Waals surface area contributed by atoms with Crippen molar-refractivity contribution < 1.29 is 0 Å². The molecule has 0 aliphatic carbocycles. The van der Waals surface area contributed by atoms with E-state index in [0.29, 0.717) is 5.88 Å². The van der Waals surface area contributed by atoms with Crippen molar-refractivity contribution >= 4 is 24.0 Å². The second-order valence-electron chi connectivity index (χ2n) is 1.23. The zero-order valence-corrected chi connectivity index (χ0v) is 4.47. The first-order valence-corrected chi connectivity index (χ1v) is 2.58. The van der Waals surface area contributed by atoms with Crippen molar-refractivity contribution in [1.82, 2.24) is 0 Å². The van der Waals surface area contributed by atoms with Crippen LogP contribution in [-0.4, -0.2) is 24.5 Å². The Morgan fingerprint density at radius 2 is 2.00 bits per heavy atom. The van der Waals surface area contributed by atoms with Gasteiger partial charge in [0.1, 0.15) is 0 Å². The van der Waals surface area contributed by atoms with E-state index in [2.05, 4.69) is 9.98 Å². The average Bonchev–Trinajstić information content (AvgIpc) is 2.14. The van der Waals surface area contributed by atoms with Gasteiger partial charge in [0, 0.05) is 12.4 Å². The number of hydrogen-bond acceptors (Lipinski definition) is 2. The molecule has 0 aromatic rings. The summed E-state index contributed by atoms with van der Waals surface area (Å²) in [4.78, 5) is 7.75. The lowest BCUT2D eigenvalue weighted by molar-refractivity contribution is 0.826. The Labute approximate surface area is 46.9 Å². The third-order valence-electron chi connectivity index (χ3n) is 0.721. The predicted molar refractivity (Wildman–Crippen MR) is 31.5 cm³/mol. The van der Waals surface area contributed by atoms with Gasteiger partial charge in [-0.15, -0.1) is 11.6 Å². The molecule has 1 aliphatic heterocycles. The van der Waals surface area contributed by atoms with Gasteiger partial charge in [-0.2, -0.15) is 0 Å². The molecule has 0 saturated carbocycles. The molecular weight excluding hydrogens is 112 g/mol. The summed E-state index contributed by atoms with van der Waals surface area (Å²) in [6, 6.07) is 0. The zero-order valence-electron chi connectivity index (χ0n) is 3.71. The van der Waals surface area contributed by atoms with Gasteiger partial charge < -0.3 is 0 Å². The van der Waals surface area contributed by atoms with E-state index in [4.69, 9.17) is 11.6 Å². The molecule has 0 unspecified atom stereocenters. The fourth-order valence-corrected chi connectivity index (χ4v) is 0.553. The van der Waals surface area contributed by atoms with Crippen molar-refractivity contribution in [1.29, 1.82) is 0 Å². The topological polar surface area (TPSA) is 24.7 Å². The molecule has 3 heteroatoms. The molecule has 0 bridgehead atoms. The van der Waals surface area contributed by atoms with Crippen molar-refractivity contribution in [3.8, 4) is 0 Å². The molecule has 0 spiro atoms. The maximum absolute atomic E-state index is 5.38. The summed E-state index contributed by atoms with van der Waals surface area (Å²) in [7, 11) is 0. The first kappa shape index (κ1) is 4.78. The summed E-state index contributed by atoms with van der Waals surface area (Å²) in [5.74, 6) is 0.493. The lowest BCUT2D eigenvalue weighted by atomic mass is 10.6. The summed E-state index contributed by atoms with van der Waals surface area (Å²) in [5.41, 5.74) is 0. The zero-order chi connectivity index (χ0) is 5.11. The van der Waals surface area contributed by atoms with Crippen LogP contribution in [0.1, 0.15) is 0 Å². The smallest absolute Gasteiger partial charge is 0.153 e. The van der Waals surface area contributed by atoms with Gasteiger partial charge in [0.25, 0.3) is 0 Å². The first-order chi connectivity index (χ1) is 3.43. The van der Waals surface area contributed by atoms with Crippen LogP contribution in [0.15, 0.2) is 9.98 Å². The molecule has 0 amide bonds. The molecule has 0 radical (unpaired) electrons. The van der Waals surface area contributed by atoms with Crippen molar-refractivity contribution in [2.45, 2.75) is 6.17 Å². The number of halogens is 1.